The maximum Gasteiger partial charge on any atom is 0.460 e. The molecule has 1 aromatic carbocycles. The van der Waals surface area contributed by atoms with Crippen LogP contribution in [0.1, 0.15) is 57.2 Å². The number of hydrogen-bond donors (Lipinski definition) is 2. The van der Waals surface area contributed by atoms with E-state index in [-0.39, 0.29) is 51.3 Å². The average molecular weight is 672 g/mol. The Kier molecular flexibility index (Phi) is 9.11. The fourth-order valence-corrected chi connectivity index (χ4v) is 4.28. The van der Waals surface area contributed by atoms with Crippen LogP contribution in [0.5, 0.6) is 0 Å². The predicted octanol–water partition coefficient (Wildman–Crippen LogP) is 5.42. The van der Waals surface area contributed by atoms with E-state index in [1.165, 1.54) is 30.5 Å². The van der Waals surface area contributed by atoms with Crippen LogP contribution in [0.15, 0.2) is 42.7 Å². The summed E-state index contributed by atoms with van der Waals surface area (Å²) in [4.78, 5) is 31.1. The highest BCUT2D eigenvalue weighted by Crippen LogP contribution is 2.51. The molecule has 0 saturated heterocycles. The standard InChI is InChI=1S/C27H21ClF7N9O2/c1-13(2)39-23(45)17-8-15(10-36)7-14(3)21(17)40-24(46)19-9-16(41-44(19)22-18(28)5-4-6-37-22)12-43-38-11-20(42-43)25(29,30)26(31,32)27(33,34)35/h4-9,11,13H,12H2,1-3H3,(H,39,45)(H,40,46). The molecule has 3 aromatic heterocycles. The zero-order valence-corrected chi connectivity index (χ0v) is 24.6. The SMILES string of the molecule is Cc1cc(C#N)cc(C(=O)NC(C)C)c1NC(=O)c1cc(Cn2ncc(C(F)(F)C(F)(F)C(F)(F)F)n2)nn1-c1ncccc1Cl. The number of anilines is 1. The van der Waals surface area contributed by atoms with Crippen molar-refractivity contribution in [3.63, 3.8) is 0 Å². The van der Waals surface area contributed by atoms with Crippen molar-refractivity contribution in [1.82, 2.24) is 35.1 Å². The number of carbonyl (C=O) groups is 2. The number of aryl methyl sites for hydroxylation is 1. The molecule has 0 radical (unpaired) electrons. The van der Waals surface area contributed by atoms with Gasteiger partial charge in [-0.1, -0.05) is 11.6 Å². The third-order valence-corrected chi connectivity index (χ3v) is 6.51. The van der Waals surface area contributed by atoms with Gasteiger partial charge in [0.15, 0.2) is 11.5 Å². The Hall–Kier alpha value is -5.05. The summed E-state index contributed by atoms with van der Waals surface area (Å²) in [6.07, 6.45) is -5.21. The summed E-state index contributed by atoms with van der Waals surface area (Å²) in [5.41, 5.74) is -1.91. The number of nitrogens with one attached hydrogen (secondary N) is 2. The molecule has 19 heteroatoms. The number of rotatable bonds is 9. The lowest BCUT2D eigenvalue weighted by Crippen LogP contribution is -2.50. The second-order valence-electron chi connectivity index (χ2n) is 10.1. The second-order valence-corrected chi connectivity index (χ2v) is 10.5. The highest BCUT2D eigenvalue weighted by Gasteiger charge is 2.74. The summed E-state index contributed by atoms with van der Waals surface area (Å²) in [6.45, 7) is 4.27. The summed E-state index contributed by atoms with van der Waals surface area (Å²) < 4.78 is 94.2. The van der Waals surface area contributed by atoms with E-state index in [0.717, 1.165) is 10.7 Å². The van der Waals surface area contributed by atoms with Crippen LogP contribution in [0.25, 0.3) is 5.82 Å². The van der Waals surface area contributed by atoms with Gasteiger partial charge in [-0.05, 0) is 56.7 Å². The number of amides is 2. The zero-order valence-electron chi connectivity index (χ0n) is 23.8. The van der Waals surface area contributed by atoms with E-state index in [9.17, 15) is 45.6 Å². The average Bonchev–Trinajstić information content (AvgIpc) is 3.61. The minimum absolute atomic E-state index is 0.00581. The van der Waals surface area contributed by atoms with Gasteiger partial charge in [-0.2, -0.15) is 56.1 Å². The normalized spacial score (nSPS) is 12.2. The molecule has 242 valence electrons. The van der Waals surface area contributed by atoms with Gasteiger partial charge in [0.2, 0.25) is 0 Å². The number of halogens is 8. The van der Waals surface area contributed by atoms with Crippen molar-refractivity contribution in [3.05, 3.63) is 81.5 Å². The van der Waals surface area contributed by atoms with Gasteiger partial charge in [-0.15, -0.1) is 0 Å². The van der Waals surface area contributed by atoms with E-state index in [1.807, 2.05) is 6.07 Å². The zero-order chi connectivity index (χ0) is 34.2. The summed E-state index contributed by atoms with van der Waals surface area (Å²) in [5, 5.41) is 25.3. The Morgan fingerprint density at radius 2 is 1.76 bits per heavy atom. The molecule has 2 amide bonds. The molecule has 2 N–H and O–H groups in total. The van der Waals surface area contributed by atoms with Crippen molar-refractivity contribution in [2.24, 2.45) is 0 Å². The number of alkyl halides is 7. The predicted molar refractivity (Wildman–Crippen MR) is 147 cm³/mol. The molecule has 46 heavy (non-hydrogen) atoms. The summed E-state index contributed by atoms with van der Waals surface area (Å²) in [6, 6.07) is 8.33. The van der Waals surface area contributed by atoms with Gasteiger partial charge in [0.25, 0.3) is 11.8 Å². The number of nitriles is 1. The van der Waals surface area contributed by atoms with Crippen LogP contribution >= 0.6 is 11.6 Å². The Bertz CT molecular complexity index is 1850. The maximum atomic E-state index is 14.1. The Morgan fingerprint density at radius 1 is 1.07 bits per heavy atom. The van der Waals surface area contributed by atoms with Crippen molar-refractivity contribution < 1.29 is 40.3 Å². The fourth-order valence-electron chi connectivity index (χ4n) is 4.08. The van der Waals surface area contributed by atoms with Crippen molar-refractivity contribution in [2.45, 2.75) is 51.4 Å². The first kappa shape index (κ1) is 33.8. The van der Waals surface area contributed by atoms with E-state index in [1.54, 1.807) is 20.8 Å². The molecule has 0 aliphatic rings. The van der Waals surface area contributed by atoms with Crippen LogP contribution < -0.4 is 10.6 Å². The smallest absolute Gasteiger partial charge is 0.350 e. The monoisotopic (exact) mass is 671 g/mol. The molecule has 0 bridgehead atoms. The van der Waals surface area contributed by atoms with Gasteiger partial charge >= 0.3 is 18.0 Å². The molecule has 0 fully saturated rings. The molecule has 0 saturated carbocycles. The highest BCUT2D eigenvalue weighted by atomic mass is 35.5. The lowest BCUT2D eigenvalue weighted by molar-refractivity contribution is -0.360. The molecule has 11 nitrogen and oxygen atoms in total. The lowest BCUT2D eigenvalue weighted by Gasteiger charge is -2.26. The van der Waals surface area contributed by atoms with Gasteiger partial charge < -0.3 is 10.6 Å². The molecular formula is C27H21ClF7N9O2. The second kappa shape index (κ2) is 12.4. The Morgan fingerprint density at radius 3 is 2.37 bits per heavy atom. The van der Waals surface area contributed by atoms with E-state index < -0.39 is 42.1 Å². The first-order valence-corrected chi connectivity index (χ1v) is 13.3. The van der Waals surface area contributed by atoms with Crippen LogP contribution in [0.2, 0.25) is 5.02 Å². The number of carbonyl (C=O) groups excluding carboxylic acids is 2. The van der Waals surface area contributed by atoms with Crippen LogP contribution in [0.3, 0.4) is 0 Å². The van der Waals surface area contributed by atoms with Gasteiger partial charge in [-0.25, -0.2) is 9.67 Å². The van der Waals surface area contributed by atoms with Gasteiger partial charge in [0, 0.05) is 12.2 Å². The van der Waals surface area contributed by atoms with Gasteiger partial charge in [-0.3, -0.25) is 9.59 Å². The van der Waals surface area contributed by atoms with E-state index in [4.69, 9.17) is 11.6 Å². The van der Waals surface area contributed by atoms with Crippen LogP contribution in [0.4, 0.5) is 36.4 Å². The van der Waals surface area contributed by atoms with E-state index >= 15 is 0 Å². The van der Waals surface area contributed by atoms with Crippen molar-refractivity contribution in [1.29, 1.82) is 5.26 Å². The first-order valence-electron chi connectivity index (χ1n) is 13.0. The molecule has 0 unspecified atom stereocenters. The van der Waals surface area contributed by atoms with Crippen molar-refractivity contribution in [2.75, 3.05) is 5.32 Å². The van der Waals surface area contributed by atoms with E-state index in [2.05, 4.69) is 30.9 Å². The molecule has 4 rings (SSSR count). The van der Waals surface area contributed by atoms with Crippen LogP contribution in [0, 0.1) is 18.3 Å². The number of aromatic nitrogens is 6. The fraction of sp³-hybridized carbons (Fsp3) is 0.296. The van der Waals surface area contributed by atoms with Gasteiger partial charge in [0.05, 0.1) is 39.8 Å². The topological polar surface area (TPSA) is 143 Å². The molecule has 0 aliphatic heterocycles. The number of pyridine rings is 1. The number of hydrogen-bond acceptors (Lipinski definition) is 7. The molecule has 0 aliphatic carbocycles. The molecule has 4 aromatic rings. The summed E-state index contributed by atoms with van der Waals surface area (Å²) >= 11 is 6.26. The van der Waals surface area contributed by atoms with Gasteiger partial charge in [0.1, 0.15) is 12.2 Å². The highest BCUT2D eigenvalue weighted by molar-refractivity contribution is 6.32. The number of nitrogens with zero attached hydrogens (tertiary/aromatic N) is 7. The third-order valence-electron chi connectivity index (χ3n) is 6.21. The molecule has 0 atom stereocenters. The lowest BCUT2D eigenvalue weighted by atomic mass is 10.0. The number of benzene rings is 1. The first-order chi connectivity index (χ1) is 21.4. The van der Waals surface area contributed by atoms with Crippen LogP contribution in [-0.2, 0) is 12.5 Å². The summed E-state index contributed by atoms with van der Waals surface area (Å²) in [7, 11) is 0. The summed E-state index contributed by atoms with van der Waals surface area (Å²) in [5.74, 6) is -13.8. The van der Waals surface area contributed by atoms with Crippen molar-refractivity contribution >= 4 is 29.1 Å². The molecule has 0 spiro atoms. The van der Waals surface area contributed by atoms with Crippen molar-refractivity contribution in [3.8, 4) is 11.9 Å². The Balaban J connectivity index is 1.74. The minimum atomic E-state index is -6.58. The minimum Gasteiger partial charge on any atom is -0.350 e. The largest absolute Gasteiger partial charge is 0.460 e. The molecule has 3 heterocycles. The van der Waals surface area contributed by atoms with Crippen LogP contribution in [-0.4, -0.2) is 59.7 Å². The quantitative estimate of drug-likeness (QED) is 0.226. The Labute approximate surface area is 260 Å². The molecular weight excluding hydrogens is 651 g/mol. The van der Waals surface area contributed by atoms with E-state index in [0.29, 0.717) is 10.4 Å². The maximum absolute atomic E-state index is 14.1. The third kappa shape index (κ3) is 6.49.